The summed E-state index contributed by atoms with van der Waals surface area (Å²) in [5.74, 6) is -0.779. The quantitative estimate of drug-likeness (QED) is 0.637. The topological polar surface area (TPSA) is 92.1 Å². The van der Waals surface area contributed by atoms with Crippen LogP contribution in [0.3, 0.4) is 0 Å². The first kappa shape index (κ1) is 22.5. The average Bonchev–Trinajstić information content (AvgIpc) is 2.81. The lowest BCUT2D eigenvalue weighted by molar-refractivity contribution is -0.117. The Morgan fingerprint density at radius 3 is 2.45 bits per heavy atom. The number of nitrogens with one attached hydrogen (secondary N) is 1. The zero-order chi connectivity index (χ0) is 23.4. The molecule has 0 radical (unpaired) electrons. The highest BCUT2D eigenvalue weighted by atomic mass is 19.1. The van der Waals surface area contributed by atoms with Crippen molar-refractivity contribution in [3.8, 4) is 11.1 Å². The Bertz CT molecular complexity index is 1220. The van der Waals surface area contributed by atoms with E-state index in [4.69, 9.17) is 9.15 Å². The number of rotatable bonds is 5. The molecule has 1 aliphatic rings. The Hall–Kier alpha value is -3.72. The average molecular weight is 453 g/mol. The molecule has 1 aromatic heterocycles. The minimum atomic E-state index is -0.434. The fraction of sp³-hybridized carbons (Fsp3) is 0.292. The first-order valence-electron chi connectivity index (χ1n) is 10.7. The van der Waals surface area contributed by atoms with Crippen molar-refractivity contribution in [2.75, 3.05) is 44.6 Å². The van der Waals surface area contributed by atoms with E-state index in [1.165, 1.54) is 24.3 Å². The molecule has 9 heteroatoms. The Labute approximate surface area is 189 Å². The van der Waals surface area contributed by atoms with Crippen molar-refractivity contribution in [3.63, 3.8) is 0 Å². The Balaban J connectivity index is 1.54. The van der Waals surface area contributed by atoms with E-state index >= 15 is 0 Å². The van der Waals surface area contributed by atoms with Gasteiger partial charge in [0.05, 0.1) is 24.1 Å². The SMILES string of the molecule is CCOC(=O)N1CCN(CC(=O)Nc2oc3ccccc3c(=O)c2-c2ccc(F)cc2)CC1. The number of carbonyl (C=O) groups excluding carboxylic acids is 2. The van der Waals surface area contributed by atoms with Crippen molar-refractivity contribution in [1.29, 1.82) is 0 Å². The monoisotopic (exact) mass is 453 g/mol. The van der Waals surface area contributed by atoms with Crippen LogP contribution in [0.1, 0.15) is 6.92 Å². The summed E-state index contributed by atoms with van der Waals surface area (Å²) in [6.45, 7) is 4.07. The number of piperazine rings is 1. The van der Waals surface area contributed by atoms with Crippen molar-refractivity contribution in [2.24, 2.45) is 0 Å². The Morgan fingerprint density at radius 2 is 1.76 bits per heavy atom. The van der Waals surface area contributed by atoms with Crippen LogP contribution in [-0.2, 0) is 9.53 Å². The lowest BCUT2D eigenvalue weighted by Gasteiger charge is -2.33. The first-order chi connectivity index (χ1) is 16.0. The van der Waals surface area contributed by atoms with Gasteiger partial charge in [-0.25, -0.2) is 9.18 Å². The number of ether oxygens (including phenoxy) is 1. The van der Waals surface area contributed by atoms with E-state index in [2.05, 4.69) is 5.32 Å². The zero-order valence-corrected chi connectivity index (χ0v) is 18.2. The highest BCUT2D eigenvalue weighted by Gasteiger charge is 2.24. The van der Waals surface area contributed by atoms with Gasteiger partial charge >= 0.3 is 6.09 Å². The van der Waals surface area contributed by atoms with E-state index in [1.54, 1.807) is 36.1 Å². The number of nitrogens with zero attached hydrogens (tertiary/aromatic N) is 2. The highest BCUT2D eigenvalue weighted by Crippen LogP contribution is 2.28. The van der Waals surface area contributed by atoms with E-state index in [9.17, 15) is 18.8 Å². The first-order valence-corrected chi connectivity index (χ1v) is 10.7. The summed E-state index contributed by atoms with van der Waals surface area (Å²) in [5, 5.41) is 3.08. The van der Waals surface area contributed by atoms with Gasteiger partial charge in [-0.1, -0.05) is 24.3 Å². The van der Waals surface area contributed by atoms with Crippen LogP contribution >= 0.6 is 0 Å². The predicted molar refractivity (Wildman–Crippen MR) is 122 cm³/mol. The van der Waals surface area contributed by atoms with Crippen molar-refractivity contribution < 1.29 is 23.1 Å². The summed E-state index contributed by atoms with van der Waals surface area (Å²) in [4.78, 5) is 41.3. The summed E-state index contributed by atoms with van der Waals surface area (Å²) in [6, 6.07) is 12.2. The molecule has 0 saturated carbocycles. The molecule has 2 amide bonds. The fourth-order valence-electron chi connectivity index (χ4n) is 3.78. The molecule has 0 aliphatic carbocycles. The van der Waals surface area contributed by atoms with Gasteiger partial charge < -0.3 is 14.1 Å². The third-order valence-electron chi connectivity index (χ3n) is 5.45. The second-order valence-electron chi connectivity index (χ2n) is 7.65. The third-order valence-corrected chi connectivity index (χ3v) is 5.45. The Morgan fingerprint density at radius 1 is 1.06 bits per heavy atom. The second-order valence-corrected chi connectivity index (χ2v) is 7.65. The van der Waals surface area contributed by atoms with Crippen molar-refractivity contribution >= 4 is 28.9 Å². The van der Waals surface area contributed by atoms with Crippen molar-refractivity contribution in [3.05, 3.63) is 64.6 Å². The molecule has 0 unspecified atom stereocenters. The molecule has 0 spiro atoms. The van der Waals surface area contributed by atoms with Gasteiger partial charge in [-0.05, 0) is 36.8 Å². The maximum absolute atomic E-state index is 13.4. The second kappa shape index (κ2) is 9.83. The van der Waals surface area contributed by atoms with E-state index in [1.807, 2.05) is 4.90 Å². The van der Waals surface area contributed by atoms with Crippen molar-refractivity contribution in [1.82, 2.24) is 9.80 Å². The van der Waals surface area contributed by atoms with Crippen LogP contribution in [0, 0.1) is 5.82 Å². The number of hydrogen-bond donors (Lipinski definition) is 1. The van der Waals surface area contributed by atoms with Gasteiger partial charge in [0.2, 0.25) is 17.2 Å². The maximum atomic E-state index is 13.4. The number of benzene rings is 2. The third kappa shape index (κ3) is 5.04. The number of halogens is 1. The van der Waals surface area contributed by atoms with E-state index < -0.39 is 5.82 Å². The minimum absolute atomic E-state index is 0.0143. The molecule has 4 rings (SSSR count). The van der Waals surface area contributed by atoms with Gasteiger partial charge in [0.25, 0.3) is 0 Å². The molecule has 2 heterocycles. The molecule has 1 fully saturated rings. The summed E-state index contributed by atoms with van der Waals surface area (Å²) in [6.07, 6.45) is -0.358. The molecule has 172 valence electrons. The summed E-state index contributed by atoms with van der Waals surface area (Å²) in [5.41, 5.74) is 0.622. The van der Waals surface area contributed by atoms with Gasteiger partial charge in [0.1, 0.15) is 11.4 Å². The van der Waals surface area contributed by atoms with E-state index in [-0.39, 0.29) is 35.4 Å². The number of carbonyl (C=O) groups is 2. The fourth-order valence-corrected chi connectivity index (χ4v) is 3.78. The van der Waals surface area contributed by atoms with Gasteiger partial charge in [-0.3, -0.25) is 19.8 Å². The molecule has 1 aliphatic heterocycles. The summed E-state index contributed by atoms with van der Waals surface area (Å²) < 4.78 is 24.3. The number of anilines is 1. The summed E-state index contributed by atoms with van der Waals surface area (Å²) >= 11 is 0. The smallest absolute Gasteiger partial charge is 0.409 e. The van der Waals surface area contributed by atoms with Crippen LogP contribution in [0.5, 0.6) is 0 Å². The van der Waals surface area contributed by atoms with Gasteiger partial charge in [-0.2, -0.15) is 0 Å². The molecule has 0 bridgehead atoms. The molecule has 33 heavy (non-hydrogen) atoms. The molecule has 8 nitrogen and oxygen atoms in total. The standard InChI is InChI=1S/C24H24FN3O5/c1-2-32-24(31)28-13-11-27(12-14-28)15-20(29)26-23-21(16-7-9-17(25)10-8-16)22(30)18-5-3-4-6-19(18)33-23/h3-10H,2,11-15H2,1H3,(H,26,29). The van der Waals surface area contributed by atoms with Crippen molar-refractivity contribution in [2.45, 2.75) is 6.92 Å². The molecule has 2 aromatic carbocycles. The highest BCUT2D eigenvalue weighted by molar-refractivity contribution is 5.97. The molecule has 1 N–H and O–H groups in total. The molecule has 1 saturated heterocycles. The van der Waals surface area contributed by atoms with Gasteiger partial charge in [0.15, 0.2) is 0 Å². The summed E-state index contributed by atoms with van der Waals surface area (Å²) in [7, 11) is 0. The van der Waals surface area contributed by atoms with Crippen LogP contribution in [-0.4, -0.2) is 61.1 Å². The van der Waals surface area contributed by atoms with Crippen LogP contribution in [0.2, 0.25) is 0 Å². The molecule has 3 aromatic rings. The van der Waals surface area contributed by atoms with Crippen LogP contribution in [0.15, 0.2) is 57.7 Å². The maximum Gasteiger partial charge on any atom is 0.409 e. The van der Waals surface area contributed by atoms with Crippen LogP contribution < -0.4 is 10.7 Å². The number of amides is 2. The number of para-hydroxylation sites is 1. The molecular formula is C24H24FN3O5. The van der Waals surface area contributed by atoms with Gasteiger partial charge in [-0.15, -0.1) is 0 Å². The molecular weight excluding hydrogens is 429 g/mol. The van der Waals surface area contributed by atoms with Crippen LogP contribution in [0.4, 0.5) is 15.1 Å². The van der Waals surface area contributed by atoms with E-state index in [0.29, 0.717) is 49.3 Å². The molecule has 0 atom stereocenters. The minimum Gasteiger partial charge on any atom is -0.450 e. The predicted octanol–water partition coefficient (Wildman–Crippen LogP) is 3.31. The van der Waals surface area contributed by atoms with Gasteiger partial charge in [0, 0.05) is 26.2 Å². The largest absolute Gasteiger partial charge is 0.450 e. The normalized spacial score (nSPS) is 14.3. The zero-order valence-electron chi connectivity index (χ0n) is 18.2. The lowest BCUT2D eigenvalue weighted by atomic mass is 10.0. The van der Waals surface area contributed by atoms with Crippen LogP contribution in [0.25, 0.3) is 22.1 Å². The number of fused-ring (bicyclic) bond motifs is 1. The number of hydrogen-bond acceptors (Lipinski definition) is 6. The Kier molecular flexibility index (Phi) is 6.69. The lowest BCUT2D eigenvalue weighted by Crippen LogP contribution is -2.50. The van der Waals surface area contributed by atoms with E-state index in [0.717, 1.165) is 0 Å².